The summed E-state index contributed by atoms with van der Waals surface area (Å²) in [6, 6.07) is 21.4. The molecule has 3 aromatic carbocycles. The third kappa shape index (κ3) is 15.3. The van der Waals surface area contributed by atoms with Crippen LogP contribution in [0.2, 0.25) is 30.1 Å². The van der Waals surface area contributed by atoms with Crippen molar-refractivity contribution >= 4 is 136 Å². The van der Waals surface area contributed by atoms with E-state index in [1.165, 1.54) is 6.26 Å². The number of carbonyl (C=O) groups is 1. The van der Waals surface area contributed by atoms with Gasteiger partial charge < -0.3 is 11.5 Å². The van der Waals surface area contributed by atoms with Crippen LogP contribution in [0.5, 0.6) is 0 Å². The highest BCUT2D eigenvalue weighted by Crippen LogP contribution is 2.47. The van der Waals surface area contributed by atoms with Gasteiger partial charge >= 0.3 is 0 Å². The van der Waals surface area contributed by atoms with Crippen LogP contribution in [-0.4, -0.2) is 164 Å². The van der Waals surface area contributed by atoms with E-state index in [0.717, 1.165) is 78.6 Å². The number of hydrogen-bond acceptors (Lipinski definition) is 19. The molecule has 3 fully saturated rings. The predicted octanol–water partition coefficient (Wildman–Crippen LogP) is 14.0. The molecule has 3 saturated heterocycles. The first kappa shape index (κ1) is 77.3. The minimum Gasteiger partial charge on any atom is -0.368 e. The molecule has 9 heterocycles. The predicted molar refractivity (Wildman–Crippen MR) is 427 cm³/mol. The van der Waals surface area contributed by atoms with Gasteiger partial charge in [0.05, 0.1) is 66.1 Å². The molecular weight excluding hydrogens is 1540 g/mol. The van der Waals surface area contributed by atoms with Gasteiger partial charge in [0, 0.05) is 86.5 Å². The van der Waals surface area contributed by atoms with Crippen molar-refractivity contribution in [1.82, 2.24) is 78.7 Å². The maximum absolute atomic E-state index is 12.9. The van der Waals surface area contributed by atoms with Gasteiger partial charge in [0.2, 0.25) is 15.9 Å². The fourth-order valence-electron chi connectivity index (χ4n) is 18.6. The monoisotopic (exact) mass is 1620 g/mol. The molecule has 24 nitrogen and oxygen atoms in total. The molecule has 6 aromatic heterocycles. The lowest BCUT2D eigenvalue weighted by Crippen LogP contribution is -2.48. The number of halogens is 6. The number of nitriles is 3. The van der Waals surface area contributed by atoms with Crippen molar-refractivity contribution < 1.29 is 13.2 Å². The molecule has 15 rings (SSSR count). The Hall–Kier alpha value is -8.04. The van der Waals surface area contributed by atoms with Gasteiger partial charge in [-0.05, 0) is 190 Å². The number of likely N-dealkylation sites (tertiary alicyclic amines) is 3. The van der Waals surface area contributed by atoms with Crippen LogP contribution in [0.4, 0.5) is 0 Å². The topological polar surface area (TPSA) is 327 Å². The number of amides is 1. The van der Waals surface area contributed by atoms with Crippen LogP contribution in [-0.2, 0) is 14.8 Å². The Labute approximate surface area is 668 Å². The van der Waals surface area contributed by atoms with E-state index in [9.17, 15) is 29.0 Å². The van der Waals surface area contributed by atoms with E-state index in [1.54, 1.807) is 58.3 Å². The lowest BCUT2D eigenvalue weighted by Gasteiger charge is -2.39. The molecule has 5 N–H and O–H groups in total. The van der Waals surface area contributed by atoms with E-state index in [-0.39, 0.29) is 95.4 Å². The standard InChI is InChI=1S/C79H83Cl6N21O3S/c1-41-21-47(8-17-67(41)101-20-6-7-70(101)76(90)107)65-37-92-74-62(33-88)99-105(78(74)96-65)71(56-15-12-51(81)29-59(56)84)26-45-24-53(31-86)102(39-45)68-18-9-49(22-42(68)2)66-38-93-75-63(34-89)100-106(79(75)97-66)72(57-16-13-52(82)30-60(57)85)27-46-25-54(35-94-110(5,108)109)103(40-46)69-19-10-48(23-43(69)3)64-36-91-73-61(32-87)98-104(77(73)95-64)44(4)55-14-11-50(80)28-58(55)83/h8-16,28-30,36-38,41-46,53-54,67-72,94H,6-7,17-27,31,35,39-40,86H2,1-5H3,(H2,90,107). The summed E-state index contributed by atoms with van der Waals surface area (Å²) in [5, 5.41) is 48.9. The second-order valence-corrected chi connectivity index (χ2v) is 35.2. The quantitative estimate of drug-likeness (QED) is 0.0601. The van der Waals surface area contributed by atoms with Crippen molar-refractivity contribution in [3.63, 3.8) is 0 Å². The Morgan fingerprint density at radius 1 is 0.582 bits per heavy atom. The van der Waals surface area contributed by atoms with Crippen LogP contribution in [0.15, 0.2) is 91.4 Å². The minimum absolute atomic E-state index is 0.00685. The highest BCUT2D eigenvalue weighted by atomic mass is 35.5. The molecular formula is C79H83Cl6N21O3S. The summed E-state index contributed by atoms with van der Waals surface area (Å²) in [4.78, 5) is 50.2. The van der Waals surface area contributed by atoms with Crippen LogP contribution in [0.3, 0.4) is 0 Å². The van der Waals surface area contributed by atoms with Gasteiger partial charge in [-0.15, -0.1) is 0 Å². The van der Waals surface area contributed by atoms with Gasteiger partial charge in [-0.1, -0.05) is 127 Å². The van der Waals surface area contributed by atoms with Gasteiger partial charge in [0.1, 0.15) is 34.8 Å². The Kier molecular flexibility index (Phi) is 22.4. The first-order chi connectivity index (χ1) is 52.8. The maximum atomic E-state index is 12.9. The van der Waals surface area contributed by atoms with Crippen molar-refractivity contribution in [2.24, 2.45) is 41.1 Å². The first-order valence-electron chi connectivity index (χ1n) is 37.5. The zero-order valence-corrected chi connectivity index (χ0v) is 66.7. The van der Waals surface area contributed by atoms with Gasteiger partial charge in [-0.2, -0.15) is 31.1 Å². The Bertz CT molecular complexity index is 5470. The number of benzene rings is 3. The number of allylic oxidation sites excluding steroid dienone is 3. The molecule has 3 aliphatic carbocycles. The Morgan fingerprint density at radius 3 is 1.36 bits per heavy atom. The summed E-state index contributed by atoms with van der Waals surface area (Å²) >= 11 is 40.6. The largest absolute Gasteiger partial charge is 0.368 e. The third-order valence-corrected chi connectivity index (χ3v) is 26.3. The number of nitrogens with two attached hydrogens (primary N) is 2. The Morgan fingerprint density at radius 2 is 0.973 bits per heavy atom. The summed E-state index contributed by atoms with van der Waals surface area (Å²) in [7, 11) is -3.58. The average Bonchev–Trinajstić information content (AvgIpc) is 1.61. The van der Waals surface area contributed by atoms with Crippen molar-refractivity contribution in [2.45, 2.75) is 159 Å². The van der Waals surface area contributed by atoms with E-state index in [1.807, 2.05) is 35.9 Å². The van der Waals surface area contributed by atoms with Gasteiger partial charge in [0.25, 0.3) is 0 Å². The normalized spacial score (nSPS) is 25.1. The van der Waals surface area contributed by atoms with Crippen molar-refractivity contribution in [2.75, 3.05) is 39.0 Å². The molecule has 3 aliphatic heterocycles. The molecule has 0 radical (unpaired) electrons. The summed E-state index contributed by atoms with van der Waals surface area (Å²) in [6.45, 7) is 11.4. The number of carbonyl (C=O) groups excluding carboxylic acids is 1. The molecule has 570 valence electrons. The second kappa shape index (κ2) is 31.9. The number of nitrogens with zero attached hydrogens (tertiary/aromatic N) is 18. The fourth-order valence-corrected chi connectivity index (χ4v) is 20.7. The first-order valence-corrected chi connectivity index (χ1v) is 41.6. The molecule has 0 spiro atoms. The van der Waals surface area contributed by atoms with E-state index in [0.29, 0.717) is 139 Å². The number of hydrogen-bond donors (Lipinski definition) is 3. The van der Waals surface area contributed by atoms with Crippen molar-refractivity contribution in [3.8, 4) is 18.2 Å². The molecule has 6 aliphatic rings. The number of fused-ring (bicyclic) bond motifs is 3. The summed E-state index contributed by atoms with van der Waals surface area (Å²) in [5.74, 6) is 0.242. The molecule has 14 atom stereocenters. The summed E-state index contributed by atoms with van der Waals surface area (Å²) < 4.78 is 34.0. The van der Waals surface area contributed by atoms with Gasteiger partial charge in [0.15, 0.2) is 34.0 Å². The minimum atomic E-state index is -3.58. The molecule has 31 heteroatoms. The van der Waals surface area contributed by atoms with Crippen LogP contribution >= 0.6 is 69.6 Å². The molecule has 0 bridgehead atoms. The van der Waals surface area contributed by atoms with Crippen LogP contribution < -0.4 is 16.2 Å². The summed E-state index contributed by atoms with van der Waals surface area (Å²) in [5.41, 5.74) is 22.9. The molecule has 9 aromatic rings. The van der Waals surface area contributed by atoms with E-state index < -0.39 is 28.1 Å². The number of aromatic nitrogens is 12. The summed E-state index contributed by atoms with van der Waals surface area (Å²) in [6.07, 6.45) is 21.4. The molecule has 1 amide bonds. The SMILES string of the molecule is CC1CC(c2cnc3c(C#N)nn(C(CC4CC(CNS(C)(=O)=O)N(C5CC=C(c6cnc7c(C#N)nn(C(C)c8ccc(Cl)cc8Cl)c7n6)CC5C)C4)c4ccc(Cl)cc4Cl)c3n2)=CCC1N1CC(CC(c2ccc(Cl)cc2Cl)n2nc(C#N)c3ncc(C4=CCC(N5CCCC5C(N)=O)C(C)C4)nc32)CC1CN. The molecule has 110 heavy (non-hydrogen) atoms. The van der Waals surface area contributed by atoms with Gasteiger partial charge in [-0.25, -0.2) is 57.1 Å². The third-order valence-electron chi connectivity index (χ3n) is 23.9. The lowest BCUT2D eigenvalue weighted by atomic mass is 9.83. The average molecular weight is 1620 g/mol. The molecule has 14 unspecified atom stereocenters. The highest BCUT2D eigenvalue weighted by molar-refractivity contribution is 7.88. The zero-order chi connectivity index (χ0) is 77.3. The number of primary amides is 1. The van der Waals surface area contributed by atoms with Crippen LogP contribution in [0.1, 0.15) is 174 Å². The fraction of sp³-hybridized carbons (Fsp3) is 0.456. The van der Waals surface area contributed by atoms with Gasteiger partial charge in [-0.3, -0.25) is 19.5 Å². The Balaban J connectivity index is 0.686. The van der Waals surface area contributed by atoms with E-state index in [4.69, 9.17) is 121 Å². The van der Waals surface area contributed by atoms with E-state index in [2.05, 4.69) is 81.7 Å². The van der Waals surface area contributed by atoms with Crippen molar-refractivity contribution in [1.29, 1.82) is 15.8 Å². The lowest BCUT2D eigenvalue weighted by molar-refractivity contribution is -0.123. The number of sulfonamides is 1. The van der Waals surface area contributed by atoms with Crippen molar-refractivity contribution in [3.05, 3.63) is 172 Å². The number of nitrogens with one attached hydrogen (secondary N) is 1. The van der Waals surface area contributed by atoms with E-state index >= 15 is 0 Å². The van der Waals surface area contributed by atoms with Crippen LogP contribution in [0.25, 0.3) is 50.2 Å². The number of rotatable bonds is 21. The molecule has 0 saturated carbocycles. The highest BCUT2D eigenvalue weighted by Gasteiger charge is 2.45. The smallest absolute Gasteiger partial charge is 0.234 e. The second-order valence-electron chi connectivity index (χ2n) is 30.9. The maximum Gasteiger partial charge on any atom is 0.234 e. The zero-order valence-electron chi connectivity index (χ0n) is 61.4. The van der Waals surface area contributed by atoms with Crippen LogP contribution in [0, 0.1) is 63.6 Å².